The van der Waals surface area contributed by atoms with E-state index in [9.17, 15) is 14.7 Å². The molecule has 0 aliphatic carbocycles. The number of halogens is 1. The number of nitrogens with zero attached hydrogens (tertiary/aromatic N) is 4. The molecule has 2 amide bonds. The average Bonchev–Trinajstić information content (AvgIpc) is 3.57. The highest BCUT2D eigenvalue weighted by Gasteiger charge is 2.23. The van der Waals surface area contributed by atoms with Gasteiger partial charge in [-0.15, -0.1) is 10.2 Å². The van der Waals surface area contributed by atoms with Crippen molar-refractivity contribution in [2.75, 3.05) is 35.7 Å². The van der Waals surface area contributed by atoms with Gasteiger partial charge in [0.1, 0.15) is 6.04 Å². The van der Waals surface area contributed by atoms with Gasteiger partial charge in [-0.3, -0.25) is 9.59 Å². The number of benzene rings is 2. The maximum Gasteiger partial charge on any atom is 0.251 e. The van der Waals surface area contributed by atoms with Crippen LogP contribution < -0.4 is 15.5 Å². The zero-order valence-electron chi connectivity index (χ0n) is 20.0. The molecule has 4 rings (SSSR count). The molecule has 0 saturated carbocycles. The first-order valence-electron chi connectivity index (χ1n) is 11.9. The quantitative estimate of drug-likeness (QED) is 0.343. The molecule has 36 heavy (non-hydrogen) atoms. The Balaban J connectivity index is 1.35. The lowest BCUT2D eigenvalue weighted by Gasteiger charge is -2.18. The van der Waals surface area contributed by atoms with Crippen LogP contribution >= 0.6 is 23.4 Å². The van der Waals surface area contributed by atoms with E-state index in [0.717, 1.165) is 18.8 Å². The topological polar surface area (TPSA) is 112 Å². The largest absolute Gasteiger partial charge is 0.394 e. The molecule has 1 aromatic heterocycles. The van der Waals surface area contributed by atoms with Crippen LogP contribution in [0, 0.1) is 0 Å². The number of aliphatic hydroxyl groups excluding tert-OH is 1. The third kappa shape index (κ3) is 6.37. The maximum absolute atomic E-state index is 12.6. The molecule has 190 valence electrons. The monoisotopic (exact) mass is 528 g/mol. The first-order valence-corrected chi connectivity index (χ1v) is 13.2. The van der Waals surface area contributed by atoms with Crippen molar-refractivity contribution < 1.29 is 14.7 Å². The molecular weight excluding hydrogens is 500 g/mol. The van der Waals surface area contributed by atoms with Crippen LogP contribution in [-0.2, 0) is 11.3 Å². The first-order chi connectivity index (χ1) is 17.5. The Morgan fingerprint density at radius 2 is 1.78 bits per heavy atom. The standard InChI is InChI=1S/C25H29ClN6O3S/c1-2-32-23(21(15-33)28-24(35)17-5-7-18(26)8-6-17)29-30-25(32)36-16-22(34)27-19-9-11-20(12-10-19)31-13-3-4-14-31/h5-12,21,33H,2-4,13-16H2,1H3,(H,27,34)(H,28,35). The summed E-state index contributed by atoms with van der Waals surface area (Å²) in [4.78, 5) is 27.5. The molecule has 1 aliphatic rings. The smallest absolute Gasteiger partial charge is 0.251 e. The number of hydrogen-bond donors (Lipinski definition) is 3. The molecule has 0 radical (unpaired) electrons. The number of carbonyl (C=O) groups is 2. The molecular formula is C25H29ClN6O3S. The van der Waals surface area contributed by atoms with Crippen LogP contribution in [0.5, 0.6) is 0 Å². The highest BCUT2D eigenvalue weighted by atomic mass is 35.5. The van der Waals surface area contributed by atoms with Crippen molar-refractivity contribution in [1.82, 2.24) is 20.1 Å². The number of carbonyl (C=O) groups excluding carboxylic acids is 2. The molecule has 2 aromatic carbocycles. The molecule has 1 atom stereocenters. The number of aliphatic hydroxyl groups is 1. The number of rotatable bonds is 10. The van der Waals surface area contributed by atoms with E-state index < -0.39 is 6.04 Å². The Bertz CT molecular complexity index is 1180. The van der Waals surface area contributed by atoms with E-state index in [1.807, 2.05) is 31.2 Å². The molecule has 1 aliphatic heterocycles. The summed E-state index contributed by atoms with van der Waals surface area (Å²) in [5, 5.41) is 25.1. The van der Waals surface area contributed by atoms with E-state index in [0.29, 0.717) is 28.1 Å². The summed E-state index contributed by atoms with van der Waals surface area (Å²) >= 11 is 7.14. The SMILES string of the molecule is CCn1c(SCC(=O)Nc2ccc(N3CCCC3)cc2)nnc1C(CO)NC(=O)c1ccc(Cl)cc1. The summed E-state index contributed by atoms with van der Waals surface area (Å²) in [5.74, 6) is 0.0479. The van der Waals surface area contributed by atoms with Crippen LogP contribution in [0.25, 0.3) is 0 Å². The minimum atomic E-state index is -0.752. The Kier molecular flexibility index (Phi) is 8.84. The van der Waals surface area contributed by atoms with Gasteiger partial charge in [0.15, 0.2) is 11.0 Å². The summed E-state index contributed by atoms with van der Waals surface area (Å²) in [7, 11) is 0. The lowest BCUT2D eigenvalue weighted by atomic mass is 10.2. The second-order valence-corrected chi connectivity index (χ2v) is 9.76. The number of nitrogens with one attached hydrogen (secondary N) is 2. The molecule has 0 bridgehead atoms. The number of aromatic nitrogens is 3. The maximum atomic E-state index is 12.6. The molecule has 2 heterocycles. The second kappa shape index (κ2) is 12.2. The molecule has 1 fully saturated rings. The third-order valence-corrected chi connectivity index (χ3v) is 7.14. The summed E-state index contributed by atoms with van der Waals surface area (Å²) in [6.45, 7) is 4.22. The molecule has 3 aromatic rings. The van der Waals surface area contributed by atoms with Crippen LogP contribution in [-0.4, -0.2) is 57.1 Å². The number of thioether (sulfide) groups is 1. The second-order valence-electron chi connectivity index (χ2n) is 8.38. The van der Waals surface area contributed by atoms with Crippen molar-refractivity contribution >= 4 is 46.6 Å². The van der Waals surface area contributed by atoms with E-state index in [4.69, 9.17) is 11.6 Å². The van der Waals surface area contributed by atoms with E-state index in [1.165, 1.54) is 30.3 Å². The van der Waals surface area contributed by atoms with Gasteiger partial charge in [0.25, 0.3) is 5.91 Å². The van der Waals surface area contributed by atoms with Gasteiger partial charge in [-0.25, -0.2) is 0 Å². The summed E-state index contributed by atoms with van der Waals surface area (Å²) < 4.78 is 1.78. The van der Waals surface area contributed by atoms with Crippen molar-refractivity contribution in [2.45, 2.75) is 37.5 Å². The zero-order chi connectivity index (χ0) is 25.5. The van der Waals surface area contributed by atoms with Crippen molar-refractivity contribution in [3.63, 3.8) is 0 Å². The normalized spacial score (nSPS) is 14.0. The van der Waals surface area contributed by atoms with E-state index >= 15 is 0 Å². The highest BCUT2D eigenvalue weighted by molar-refractivity contribution is 7.99. The minimum absolute atomic E-state index is 0.146. The molecule has 0 spiro atoms. The predicted octanol–water partition coefficient (Wildman–Crippen LogP) is 3.75. The van der Waals surface area contributed by atoms with Gasteiger partial charge < -0.3 is 25.2 Å². The fourth-order valence-electron chi connectivity index (χ4n) is 4.05. The van der Waals surface area contributed by atoms with Gasteiger partial charge in [0.2, 0.25) is 5.91 Å². The number of amides is 2. The molecule has 1 unspecified atom stereocenters. The zero-order valence-corrected chi connectivity index (χ0v) is 21.6. The van der Waals surface area contributed by atoms with Gasteiger partial charge in [-0.05, 0) is 68.3 Å². The van der Waals surface area contributed by atoms with Crippen LogP contribution in [0.3, 0.4) is 0 Å². The van der Waals surface area contributed by atoms with Crippen LogP contribution in [0.15, 0.2) is 53.7 Å². The van der Waals surface area contributed by atoms with Gasteiger partial charge in [-0.2, -0.15) is 0 Å². The van der Waals surface area contributed by atoms with Crippen LogP contribution in [0.2, 0.25) is 5.02 Å². The molecule has 3 N–H and O–H groups in total. The predicted molar refractivity (Wildman–Crippen MR) is 142 cm³/mol. The van der Waals surface area contributed by atoms with Crippen molar-refractivity contribution in [3.05, 3.63) is 64.9 Å². The third-order valence-electron chi connectivity index (χ3n) is 5.92. The first kappa shape index (κ1) is 26.0. The molecule has 1 saturated heterocycles. The lowest BCUT2D eigenvalue weighted by Crippen LogP contribution is -2.32. The Morgan fingerprint density at radius 1 is 1.08 bits per heavy atom. The fourth-order valence-corrected chi connectivity index (χ4v) is 4.99. The van der Waals surface area contributed by atoms with Crippen LogP contribution in [0.4, 0.5) is 11.4 Å². The van der Waals surface area contributed by atoms with Gasteiger partial charge in [0.05, 0.1) is 12.4 Å². The molecule has 9 nitrogen and oxygen atoms in total. The highest BCUT2D eigenvalue weighted by Crippen LogP contribution is 2.24. The molecule has 11 heteroatoms. The van der Waals surface area contributed by atoms with Gasteiger partial charge in [-0.1, -0.05) is 23.4 Å². The van der Waals surface area contributed by atoms with E-state index in [-0.39, 0.29) is 24.2 Å². The minimum Gasteiger partial charge on any atom is -0.394 e. The number of anilines is 2. The van der Waals surface area contributed by atoms with Gasteiger partial charge >= 0.3 is 0 Å². The Hall–Kier alpha value is -3.08. The summed E-state index contributed by atoms with van der Waals surface area (Å²) in [6.07, 6.45) is 2.43. The van der Waals surface area contributed by atoms with E-state index in [1.54, 1.807) is 28.8 Å². The summed E-state index contributed by atoms with van der Waals surface area (Å²) in [5.41, 5.74) is 2.33. The Labute approximate surface area is 219 Å². The lowest BCUT2D eigenvalue weighted by molar-refractivity contribution is -0.113. The van der Waals surface area contributed by atoms with Crippen molar-refractivity contribution in [2.24, 2.45) is 0 Å². The summed E-state index contributed by atoms with van der Waals surface area (Å²) in [6, 6.07) is 13.6. The Morgan fingerprint density at radius 3 is 2.42 bits per heavy atom. The number of hydrogen-bond acceptors (Lipinski definition) is 7. The van der Waals surface area contributed by atoms with Crippen molar-refractivity contribution in [1.29, 1.82) is 0 Å². The van der Waals surface area contributed by atoms with Gasteiger partial charge in [0, 0.05) is 41.6 Å². The van der Waals surface area contributed by atoms with Crippen LogP contribution in [0.1, 0.15) is 42.0 Å². The van der Waals surface area contributed by atoms with E-state index in [2.05, 4.69) is 25.7 Å². The average molecular weight is 529 g/mol. The van der Waals surface area contributed by atoms with Crippen molar-refractivity contribution in [3.8, 4) is 0 Å². The fraction of sp³-hybridized carbons (Fsp3) is 0.360.